The lowest BCUT2D eigenvalue weighted by molar-refractivity contribution is -0.135. The van der Waals surface area contributed by atoms with Crippen molar-refractivity contribution in [2.24, 2.45) is 5.92 Å². The van der Waals surface area contributed by atoms with Crippen LogP contribution in [0.2, 0.25) is 0 Å². The third-order valence-corrected chi connectivity index (χ3v) is 5.78. The quantitative estimate of drug-likeness (QED) is 0.785. The number of anilines is 1. The van der Waals surface area contributed by atoms with Crippen molar-refractivity contribution in [1.29, 1.82) is 0 Å². The molecule has 0 unspecified atom stereocenters. The minimum atomic E-state index is 0.210. The molecule has 0 saturated carbocycles. The molecule has 0 bridgehead atoms. The first-order chi connectivity index (χ1) is 11.7. The number of aromatic nitrogens is 1. The van der Waals surface area contributed by atoms with Crippen LogP contribution in [0.4, 0.5) is 5.69 Å². The molecule has 1 aromatic heterocycles. The second-order valence-corrected chi connectivity index (χ2v) is 7.70. The van der Waals surface area contributed by atoms with Crippen molar-refractivity contribution < 1.29 is 4.79 Å². The van der Waals surface area contributed by atoms with Crippen LogP contribution in [0.3, 0.4) is 0 Å². The topological polar surface area (TPSA) is 36.4 Å². The van der Waals surface area contributed by atoms with Crippen molar-refractivity contribution in [1.82, 2.24) is 9.88 Å². The minimum Gasteiger partial charge on any atom is -0.371 e. The van der Waals surface area contributed by atoms with Crippen LogP contribution in [0.25, 0.3) is 10.9 Å². The molecule has 0 atom stereocenters. The number of rotatable bonds is 2. The predicted molar refractivity (Wildman–Crippen MR) is 100 cm³/mol. The summed E-state index contributed by atoms with van der Waals surface area (Å²) >= 11 is 3.51. The van der Waals surface area contributed by atoms with Gasteiger partial charge in [-0.1, -0.05) is 15.9 Å². The molecular weight excluding hydrogens is 366 g/mol. The number of hydrogen-bond donors (Lipinski definition) is 0. The number of pyridine rings is 1. The van der Waals surface area contributed by atoms with Gasteiger partial charge in [-0.3, -0.25) is 9.78 Å². The largest absolute Gasteiger partial charge is 0.371 e. The number of benzene rings is 1. The van der Waals surface area contributed by atoms with E-state index >= 15 is 0 Å². The lowest BCUT2D eigenvalue weighted by Gasteiger charge is -2.35. The second kappa shape index (κ2) is 6.71. The summed E-state index contributed by atoms with van der Waals surface area (Å²) in [6, 6.07) is 8.35. The van der Waals surface area contributed by atoms with Gasteiger partial charge in [0, 0.05) is 53.8 Å². The highest BCUT2D eigenvalue weighted by molar-refractivity contribution is 9.10. The fourth-order valence-corrected chi connectivity index (χ4v) is 4.29. The molecule has 3 heterocycles. The van der Waals surface area contributed by atoms with Gasteiger partial charge in [0.15, 0.2) is 0 Å². The molecule has 126 valence electrons. The summed E-state index contributed by atoms with van der Waals surface area (Å²) in [6.07, 6.45) is 6.13. The maximum absolute atomic E-state index is 12.6. The van der Waals surface area contributed by atoms with E-state index < -0.39 is 0 Å². The van der Waals surface area contributed by atoms with Gasteiger partial charge in [-0.05, 0) is 49.9 Å². The predicted octanol–water partition coefficient (Wildman–Crippen LogP) is 3.84. The molecule has 1 aromatic carbocycles. The highest BCUT2D eigenvalue weighted by atomic mass is 79.9. The Morgan fingerprint density at radius 3 is 2.58 bits per heavy atom. The van der Waals surface area contributed by atoms with Gasteiger partial charge in [0.25, 0.3) is 0 Å². The summed E-state index contributed by atoms with van der Waals surface area (Å²) in [5, 5.41) is 1.19. The van der Waals surface area contributed by atoms with E-state index in [0.29, 0.717) is 5.91 Å². The van der Waals surface area contributed by atoms with Crippen LogP contribution in [0.1, 0.15) is 25.7 Å². The van der Waals surface area contributed by atoms with Crippen LogP contribution in [-0.2, 0) is 4.79 Å². The number of fused-ring (bicyclic) bond motifs is 1. The fraction of sp³-hybridized carbons (Fsp3) is 0.474. The van der Waals surface area contributed by atoms with E-state index in [1.807, 2.05) is 6.20 Å². The smallest absolute Gasteiger partial charge is 0.225 e. The Bertz CT molecular complexity index is 749. The van der Waals surface area contributed by atoms with Crippen molar-refractivity contribution in [3.8, 4) is 0 Å². The van der Waals surface area contributed by atoms with E-state index in [1.165, 1.54) is 23.9 Å². The zero-order valence-electron chi connectivity index (χ0n) is 13.7. The Morgan fingerprint density at radius 1 is 1.08 bits per heavy atom. The molecule has 0 spiro atoms. The van der Waals surface area contributed by atoms with E-state index in [0.717, 1.165) is 49.0 Å². The molecule has 1 amide bonds. The van der Waals surface area contributed by atoms with Crippen molar-refractivity contribution >= 4 is 38.4 Å². The normalized spacial score (nSPS) is 19.2. The van der Waals surface area contributed by atoms with Crippen LogP contribution in [-0.4, -0.2) is 42.0 Å². The van der Waals surface area contributed by atoms with Crippen LogP contribution >= 0.6 is 15.9 Å². The standard InChI is InChI=1S/C19H22BrN3O/c20-15-3-4-16-17(13-15)21-8-5-18(16)22-11-6-14(7-12-22)19(24)23-9-1-2-10-23/h3-5,8,13-14H,1-2,6-7,9-12H2. The number of likely N-dealkylation sites (tertiary alicyclic amines) is 1. The van der Waals surface area contributed by atoms with E-state index in [2.05, 4.69) is 55.0 Å². The molecule has 5 heteroatoms. The SMILES string of the molecule is O=C(C1CCN(c2ccnc3cc(Br)ccc23)CC1)N1CCCC1. The van der Waals surface area contributed by atoms with Gasteiger partial charge in [-0.25, -0.2) is 0 Å². The van der Waals surface area contributed by atoms with E-state index in [1.54, 1.807) is 0 Å². The van der Waals surface area contributed by atoms with Gasteiger partial charge in [0.05, 0.1) is 5.52 Å². The van der Waals surface area contributed by atoms with Crippen molar-refractivity contribution in [2.75, 3.05) is 31.1 Å². The summed E-state index contributed by atoms with van der Waals surface area (Å²) in [7, 11) is 0. The first-order valence-electron chi connectivity index (χ1n) is 8.80. The Hall–Kier alpha value is -1.62. The Labute approximate surface area is 151 Å². The molecule has 4 nitrogen and oxygen atoms in total. The van der Waals surface area contributed by atoms with Gasteiger partial charge >= 0.3 is 0 Å². The highest BCUT2D eigenvalue weighted by Crippen LogP contribution is 2.31. The number of piperidine rings is 1. The molecule has 2 fully saturated rings. The van der Waals surface area contributed by atoms with E-state index in [4.69, 9.17) is 0 Å². The molecule has 0 N–H and O–H groups in total. The third-order valence-electron chi connectivity index (χ3n) is 5.28. The van der Waals surface area contributed by atoms with E-state index in [9.17, 15) is 4.79 Å². The number of nitrogens with zero attached hydrogens (tertiary/aromatic N) is 3. The van der Waals surface area contributed by atoms with Gasteiger partial charge in [0.2, 0.25) is 5.91 Å². The lowest BCUT2D eigenvalue weighted by Crippen LogP contribution is -2.41. The lowest BCUT2D eigenvalue weighted by atomic mass is 9.94. The Kier molecular flexibility index (Phi) is 4.44. The molecule has 4 rings (SSSR count). The summed E-state index contributed by atoms with van der Waals surface area (Å²) in [5.41, 5.74) is 2.25. The summed E-state index contributed by atoms with van der Waals surface area (Å²) in [4.78, 5) is 21.5. The van der Waals surface area contributed by atoms with Gasteiger partial charge in [0.1, 0.15) is 0 Å². The highest BCUT2D eigenvalue weighted by Gasteiger charge is 2.30. The third kappa shape index (κ3) is 3.02. The molecule has 2 aliphatic heterocycles. The zero-order valence-corrected chi connectivity index (χ0v) is 15.3. The van der Waals surface area contributed by atoms with Crippen LogP contribution in [0.15, 0.2) is 34.9 Å². The Balaban J connectivity index is 1.49. The molecule has 2 aromatic rings. The molecular formula is C19H22BrN3O. The summed E-state index contributed by atoms with van der Waals surface area (Å²) in [6.45, 7) is 3.81. The Morgan fingerprint density at radius 2 is 1.83 bits per heavy atom. The molecule has 2 saturated heterocycles. The van der Waals surface area contributed by atoms with Crippen LogP contribution in [0.5, 0.6) is 0 Å². The molecule has 24 heavy (non-hydrogen) atoms. The second-order valence-electron chi connectivity index (χ2n) is 6.79. The molecule has 0 aliphatic carbocycles. The fourth-order valence-electron chi connectivity index (χ4n) is 3.94. The number of amides is 1. The summed E-state index contributed by atoms with van der Waals surface area (Å²) in [5.74, 6) is 0.595. The van der Waals surface area contributed by atoms with Crippen molar-refractivity contribution in [2.45, 2.75) is 25.7 Å². The maximum atomic E-state index is 12.6. The van der Waals surface area contributed by atoms with Crippen LogP contribution in [0, 0.1) is 5.92 Å². The maximum Gasteiger partial charge on any atom is 0.225 e. The number of hydrogen-bond acceptors (Lipinski definition) is 3. The zero-order chi connectivity index (χ0) is 16.5. The van der Waals surface area contributed by atoms with Crippen LogP contribution < -0.4 is 4.90 Å². The average Bonchev–Trinajstić information content (AvgIpc) is 3.15. The van der Waals surface area contributed by atoms with Gasteiger partial charge < -0.3 is 9.80 Å². The summed E-state index contributed by atoms with van der Waals surface area (Å²) < 4.78 is 1.05. The van der Waals surface area contributed by atoms with E-state index in [-0.39, 0.29) is 5.92 Å². The number of carbonyl (C=O) groups is 1. The average molecular weight is 388 g/mol. The van der Waals surface area contributed by atoms with Gasteiger partial charge in [-0.15, -0.1) is 0 Å². The monoisotopic (exact) mass is 387 g/mol. The minimum absolute atomic E-state index is 0.210. The van der Waals surface area contributed by atoms with Crippen molar-refractivity contribution in [3.63, 3.8) is 0 Å². The first-order valence-corrected chi connectivity index (χ1v) is 9.60. The molecule has 0 radical (unpaired) electrons. The number of halogens is 1. The first kappa shape index (κ1) is 15.9. The van der Waals surface area contributed by atoms with Gasteiger partial charge in [-0.2, -0.15) is 0 Å². The van der Waals surface area contributed by atoms with Crippen molar-refractivity contribution in [3.05, 3.63) is 34.9 Å². The molecule has 2 aliphatic rings. The number of carbonyl (C=O) groups excluding carboxylic acids is 1.